The number of nitrogens with zero attached hydrogens (tertiary/aromatic N) is 1. The summed E-state index contributed by atoms with van der Waals surface area (Å²) in [4.78, 5) is 32.9. The molecular formula is C26H23N3O6. The van der Waals surface area contributed by atoms with E-state index in [4.69, 9.17) is 9.47 Å². The lowest BCUT2D eigenvalue weighted by Crippen LogP contribution is -2.45. The van der Waals surface area contributed by atoms with Crippen LogP contribution in [0.5, 0.6) is 11.5 Å². The summed E-state index contributed by atoms with van der Waals surface area (Å²) < 4.78 is 10.8. The van der Waals surface area contributed by atoms with Crippen molar-refractivity contribution < 1.29 is 29.3 Å². The van der Waals surface area contributed by atoms with Crippen LogP contribution in [0.15, 0.2) is 73.1 Å². The number of carbonyl (C=O) groups is 2. The van der Waals surface area contributed by atoms with Crippen molar-refractivity contribution in [2.45, 2.75) is 24.5 Å². The molecule has 35 heavy (non-hydrogen) atoms. The van der Waals surface area contributed by atoms with Gasteiger partial charge in [-0.2, -0.15) is 0 Å². The number of amides is 1. The van der Waals surface area contributed by atoms with E-state index in [2.05, 4.69) is 15.3 Å². The summed E-state index contributed by atoms with van der Waals surface area (Å²) in [5.41, 5.74) is 2.37. The predicted molar refractivity (Wildman–Crippen MR) is 126 cm³/mol. The van der Waals surface area contributed by atoms with Crippen LogP contribution < -0.4 is 14.8 Å². The second kappa shape index (κ2) is 9.47. The number of hydrogen-bond donors (Lipinski definition) is 4. The highest BCUT2D eigenvalue weighted by Gasteiger charge is 2.34. The van der Waals surface area contributed by atoms with Gasteiger partial charge in [-0.3, -0.25) is 9.78 Å². The SMILES string of the molecule is O=C(N[C@@H](Cc1c[nH]c2ccccc12)C(=O)O)C(c1ccc2c(c1)OCO2)C(O)c1ccccn1. The number of carboxylic acid groups (broad SMARTS) is 1. The summed E-state index contributed by atoms with van der Waals surface area (Å²) in [6.07, 6.45) is 2.01. The zero-order chi connectivity index (χ0) is 24.4. The number of rotatable bonds is 8. The molecule has 5 rings (SSSR count). The Labute approximate surface area is 200 Å². The van der Waals surface area contributed by atoms with E-state index in [0.29, 0.717) is 17.1 Å². The molecule has 9 nitrogen and oxygen atoms in total. The van der Waals surface area contributed by atoms with Gasteiger partial charge >= 0.3 is 5.97 Å². The van der Waals surface area contributed by atoms with E-state index >= 15 is 0 Å². The molecule has 0 saturated carbocycles. The number of para-hydroxylation sites is 1. The summed E-state index contributed by atoms with van der Waals surface area (Å²) >= 11 is 0. The highest BCUT2D eigenvalue weighted by molar-refractivity contribution is 5.90. The summed E-state index contributed by atoms with van der Waals surface area (Å²) in [6, 6.07) is 16.3. The van der Waals surface area contributed by atoms with E-state index in [9.17, 15) is 19.8 Å². The van der Waals surface area contributed by atoms with E-state index < -0.39 is 29.9 Å². The molecule has 3 atom stereocenters. The Morgan fingerprint density at radius 2 is 1.86 bits per heavy atom. The summed E-state index contributed by atoms with van der Waals surface area (Å²) in [5.74, 6) is -1.98. The highest BCUT2D eigenvalue weighted by Crippen LogP contribution is 2.38. The first-order valence-corrected chi connectivity index (χ1v) is 11.1. The topological polar surface area (TPSA) is 134 Å². The Bertz CT molecular complexity index is 1370. The van der Waals surface area contributed by atoms with Crippen LogP contribution in [0.2, 0.25) is 0 Å². The van der Waals surface area contributed by atoms with E-state index in [1.54, 1.807) is 42.6 Å². The first-order chi connectivity index (χ1) is 17.0. The zero-order valence-corrected chi connectivity index (χ0v) is 18.5. The van der Waals surface area contributed by atoms with Crippen molar-refractivity contribution in [3.63, 3.8) is 0 Å². The number of hydrogen-bond acceptors (Lipinski definition) is 6. The van der Waals surface area contributed by atoms with Gasteiger partial charge in [0.25, 0.3) is 0 Å². The van der Waals surface area contributed by atoms with Crippen LogP contribution in [0.3, 0.4) is 0 Å². The second-order valence-corrected chi connectivity index (χ2v) is 8.25. The van der Waals surface area contributed by atoms with E-state index in [-0.39, 0.29) is 18.9 Å². The minimum Gasteiger partial charge on any atom is -0.480 e. The minimum absolute atomic E-state index is 0.0597. The van der Waals surface area contributed by atoms with Gasteiger partial charge in [0, 0.05) is 29.7 Å². The first kappa shape index (κ1) is 22.4. The largest absolute Gasteiger partial charge is 0.480 e. The Kier molecular flexibility index (Phi) is 6.07. The highest BCUT2D eigenvalue weighted by atomic mass is 16.7. The molecule has 3 heterocycles. The number of carbonyl (C=O) groups excluding carboxylic acids is 1. The van der Waals surface area contributed by atoms with E-state index in [1.807, 2.05) is 24.3 Å². The van der Waals surface area contributed by atoms with Crippen molar-refractivity contribution in [3.05, 3.63) is 89.9 Å². The molecule has 0 bridgehead atoms. The van der Waals surface area contributed by atoms with Crippen LogP contribution in [0, 0.1) is 0 Å². The van der Waals surface area contributed by atoms with Crippen molar-refractivity contribution in [1.29, 1.82) is 0 Å². The number of fused-ring (bicyclic) bond motifs is 2. The van der Waals surface area contributed by atoms with Crippen molar-refractivity contribution in [1.82, 2.24) is 15.3 Å². The number of aliphatic hydroxyl groups is 1. The van der Waals surface area contributed by atoms with Gasteiger partial charge in [-0.1, -0.05) is 30.3 Å². The fraction of sp³-hybridized carbons (Fsp3) is 0.192. The number of nitrogens with one attached hydrogen (secondary N) is 2. The molecule has 1 amide bonds. The molecule has 0 spiro atoms. The van der Waals surface area contributed by atoms with Crippen LogP contribution in [-0.2, 0) is 16.0 Å². The molecule has 9 heteroatoms. The van der Waals surface area contributed by atoms with Gasteiger partial charge in [0.1, 0.15) is 12.1 Å². The quantitative estimate of drug-likeness (QED) is 0.309. The molecule has 4 aromatic rings. The third-order valence-electron chi connectivity index (χ3n) is 6.06. The Balaban J connectivity index is 1.45. The lowest BCUT2D eigenvalue weighted by atomic mass is 9.89. The Morgan fingerprint density at radius 1 is 1.06 bits per heavy atom. The Hall–Kier alpha value is -4.37. The standard InChI is InChI=1S/C26H23N3O6/c30-24(19-7-3-4-10-27-19)23(15-8-9-21-22(12-15)35-14-34-21)25(31)29-20(26(32)33)11-16-13-28-18-6-2-1-5-17(16)18/h1-10,12-13,20,23-24,28,30H,11,14H2,(H,29,31)(H,32,33)/t20-,23?,24?/m0/s1. The Morgan fingerprint density at radius 3 is 2.66 bits per heavy atom. The first-order valence-electron chi connectivity index (χ1n) is 11.1. The van der Waals surface area contributed by atoms with Crippen molar-refractivity contribution in [2.75, 3.05) is 6.79 Å². The number of ether oxygens (including phenoxy) is 2. The van der Waals surface area contributed by atoms with Crippen molar-refractivity contribution in [2.24, 2.45) is 0 Å². The molecule has 0 saturated heterocycles. The zero-order valence-electron chi connectivity index (χ0n) is 18.5. The van der Waals surface area contributed by atoms with Crippen LogP contribution in [0.1, 0.15) is 28.8 Å². The fourth-order valence-electron chi connectivity index (χ4n) is 4.29. The third-order valence-corrected chi connectivity index (χ3v) is 6.06. The average molecular weight is 473 g/mol. The average Bonchev–Trinajstić information content (AvgIpc) is 3.51. The van der Waals surface area contributed by atoms with Gasteiger partial charge in [-0.25, -0.2) is 4.79 Å². The van der Waals surface area contributed by atoms with Gasteiger partial charge in [0.15, 0.2) is 11.5 Å². The molecule has 2 aromatic heterocycles. The summed E-state index contributed by atoms with van der Waals surface area (Å²) in [5, 5.41) is 24.6. The van der Waals surface area contributed by atoms with Crippen LogP contribution in [-0.4, -0.2) is 44.9 Å². The van der Waals surface area contributed by atoms with E-state index in [0.717, 1.165) is 16.5 Å². The number of carboxylic acids is 1. The molecule has 1 aliphatic rings. The number of aliphatic carboxylic acids is 1. The van der Waals surface area contributed by atoms with Crippen LogP contribution in [0.4, 0.5) is 0 Å². The van der Waals surface area contributed by atoms with Gasteiger partial charge in [-0.05, 0) is 41.5 Å². The number of aromatic nitrogens is 2. The predicted octanol–water partition coefficient (Wildman–Crippen LogP) is 2.92. The van der Waals surface area contributed by atoms with E-state index in [1.165, 1.54) is 6.20 Å². The number of pyridine rings is 1. The molecule has 1 aliphatic heterocycles. The molecule has 178 valence electrons. The maximum absolute atomic E-state index is 13.5. The number of benzene rings is 2. The lowest BCUT2D eigenvalue weighted by Gasteiger charge is -2.25. The molecule has 2 unspecified atom stereocenters. The van der Waals surface area contributed by atoms with Gasteiger partial charge < -0.3 is 30.0 Å². The fourth-order valence-corrected chi connectivity index (χ4v) is 4.29. The third kappa shape index (κ3) is 4.53. The molecule has 4 N–H and O–H groups in total. The number of H-pyrrole nitrogens is 1. The maximum atomic E-state index is 13.5. The van der Waals surface area contributed by atoms with Crippen LogP contribution >= 0.6 is 0 Å². The molecule has 0 radical (unpaired) electrons. The molecule has 2 aromatic carbocycles. The van der Waals surface area contributed by atoms with Gasteiger partial charge in [-0.15, -0.1) is 0 Å². The maximum Gasteiger partial charge on any atom is 0.326 e. The molecule has 0 fully saturated rings. The van der Waals surface area contributed by atoms with Gasteiger partial charge in [0.05, 0.1) is 11.6 Å². The lowest BCUT2D eigenvalue weighted by molar-refractivity contribution is -0.142. The number of aromatic amines is 1. The van der Waals surface area contributed by atoms with Gasteiger partial charge in [0.2, 0.25) is 12.7 Å². The summed E-state index contributed by atoms with van der Waals surface area (Å²) in [7, 11) is 0. The van der Waals surface area contributed by atoms with Crippen molar-refractivity contribution >= 4 is 22.8 Å². The molecule has 0 aliphatic carbocycles. The monoisotopic (exact) mass is 473 g/mol. The normalized spacial score (nSPS) is 14.9. The second-order valence-electron chi connectivity index (χ2n) is 8.25. The van der Waals surface area contributed by atoms with Crippen molar-refractivity contribution in [3.8, 4) is 11.5 Å². The molecular weight excluding hydrogens is 450 g/mol. The smallest absolute Gasteiger partial charge is 0.326 e. The van der Waals surface area contributed by atoms with Crippen LogP contribution in [0.25, 0.3) is 10.9 Å². The number of aliphatic hydroxyl groups excluding tert-OH is 1. The summed E-state index contributed by atoms with van der Waals surface area (Å²) in [6.45, 7) is 0.0597. The minimum atomic E-state index is -1.32.